The Morgan fingerprint density at radius 2 is 2.29 bits per heavy atom. The largest absolute Gasteiger partial charge is 0.467 e. The van der Waals surface area contributed by atoms with Gasteiger partial charge in [0.15, 0.2) is 0 Å². The molecule has 24 heavy (non-hydrogen) atoms. The second-order valence-corrected chi connectivity index (χ2v) is 6.99. The lowest BCUT2D eigenvalue weighted by atomic mass is 10.1. The van der Waals surface area contributed by atoms with E-state index < -0.39 is 0 Å². The number of imidazole rings is 1. The van der Waals surface area contributed by atoms with Crippen LogP contribution in [0.25, 0.3) is 0 Å². The van der Waals surface area contributed by atoms with Crippen LogP contribution in [0.2, 0.25) is 0 Å². The topological polar surface area (TPSA) is 54.5 Å². The minimum absolute atomic E-state index is 0.119. The van der Waals surface area contributed by atoms with Crippen LogP contribution >= 0.6 is 0 Å². The molecule has 2 aromatic heterocycles. The predicted molar refractivity (Wildman–Crippen MR) is 89.3 cm³/mol. The number of hydrogen-bond acceptors (Lipinski definition) is 4. The molecule has 3 heterocycles. The van der Waals surface area contributed by atoms with Crippen LogP contribution in [0.15, 0.2) is 22.8 Å². The second-order valence-electron chi connectivity index (χ2n) is 6.99. The molecule has 0 unspecified atom stereocenters. The molecule has 0 radical (unpaired) electrons. The van der Waals surface area contributed by atoms with Gasteiger partial charge in [-0.3, -0.25) is 9.69 Å². The maximum Gasteiger partial charge on any atom is 0.236 e. The van der Waals surface area contributed by atoms with Crippen LogP contribution in [0, 0.1) is 0 Å². The van der Waals surface area contributed by atoms with Crippen LogP contribution in [0.5, 0.6) is 0 Å². The van der Waals surface area contributed by atoms with Gasteiger partial charge in [0.2, 0.25) is 5.91 Å². The summed E-state index contributed by atoms with van der Waals surface area (Å²) < 4.78 is 7.60. The van der Waals surface area contributed by atoms with Crippen molar-refractivity contribution in [2.75, 3.05) is 20.1 Å². The summed E-state index contributed by atoms with van der Waals surface area (Å²) in [6, 6.07) is 3.74. The highest BCUT2D eigenvalue weighted by atomic mass is 16.3. The van der Waals surface area contributed by atoms with E-state index >= 15 is 0 Å². The van der Waals surface area contributed by atoms with E-state index in [2.05, 4.69) is 16.5 Å². The highest BCUT2D eigenvalue weighted by molar-refractivity contribution is 5.78. The first kappa shape index (κ1) is 15.4. The smallest absolute Gasteiger partial charge is 0.236 e. The number of nitrogens with zero attached hydrogens (tertiary/aromatic N) is 4. The van der Waals surface area contributed by atoms with E-state index in [4.69, 9.17) is 9.40 Å². The van der Waals surface area contributed by atoms with Crippen LogP contribution in [-0.4, -0.2) is 45.4 Å². The molecule has 128 valence electrons. The first-order chi connectivity index (χ1) is 11.6. The molecule has 1 fully saturated rings. The zero-order valence-corrected chi connectivity index (χ0v) is 14.4. The number of carbonyl (C=O) groups is 1. The molecule has 0 spiro atoms. The third-order valence-corrected chi connectivity index (χ3v) is 5.07. The van der Waals surface area contributed by atoms with E-state index in [0.29, 0.717) is 19.0 Å². The molecule has 1 aliphatic carbocycles. The molecular weight excluding hydrogens is 304 g/mol. The van der Waals surface area contributed by atoms with Gasteiger partial charge in [0, 0.05) is 45.2 Å². The van der Waals surface area contributed by atoms with E-state index in [1.165, 1.54) is 24.4 Å². The predicted octanol–water partition coefficient (Wildman–Crippen LogP) is 1.91. The van der Waals surface area contributed by atoms with Crippen LogP contribution in [0.4, 0.5) is 0 Å². The normalized spacial score (nSPS) is 17.8. The zero-order valence-electron chi connectivity index (χ0n) is 14.4. The highest BCUT2D eigenvalue weighted by Crippen LogP contribution is 2.40. The molecule has 0 aromatic carbocycles. The van der Waals surface area contributed by atoms with Gasteiger partial charge < -0.3 is 13.9 Å². The monoisotopic (exact) mass is 328 g/mol. The van der Waals surface area contributed by atoms with Gasteiger partial charge in [-0.15, -0.1) is 0 Å². The lowest BCUT2D eigenvalue weighted by molar-refractivity contribution is -0.132. The van der Waals surface area contributed by atoms with E-state index in [1.54, 1.807) is 11.2 Å². The molecule has 0 bridgehead atoms. The molecule has 0 N–H and O–H groups in total. The molecule has 6 nitrogen and oxygen atoms in total. The summed E-state index contributed by atoms with van der Waals surface area (Å²) in [5, 5.41) is 0. The third-order valence-electron chi connectivity index (χ3n) is 5.07. The SMILES string of the molecule is CN(Cc1ccco1)C(=O)CN1CCc2c(nc(C3CC3)n2C)C1. The fraction of sp³-hybridized carbons (Fsp3) is 0.556. The van der Waals surface area contributed by atoms with Crippen LogP contribution in [0.1, 0.15) is 41.7 Å². The summed E-state index contributed by atoms with van der Waals surface area (Å²) in [7, 11) is 3.96. The minimum Gasteiger partial charge on any atom is -0.467 e. The number of amides is 1. The fourth-order valence-electron chi connectivity index (χ4n) is 3.48. The maximum atomic E-state index is 12.5. The van der Waals surface area contributed by atoms with Crippen molar-refractivity contribution in [1.82, 2.24) is 19.4 Å². The van der Waals surface area contributed by atoms with E-state index in [1.807, 2.05) is 19.2 Å². The zero-order chi connectivity index (χ0) is 16.7. The molecule has 1 saturated carbocycles. The maximum absolute atomic E-state index is 12.5. The number of hydrogen-bond donors (Lipinski definition) is 0. The summed E-state index contributed by atoms with van der Waals surface area (Å²) in [4.78, 5) is 21.2. The minimum atomic E-state index is 0.119. The molecule has 2 aromatic rings. The van der Waals surface area contributed by atoms with Crippen molar-refractivity contribution in [3.05, 3.63) is 41.4 Å². The third kappa shape index (κ3) is 2.98. The first-order valence-corrected chi connectivity index (χ1v) is 8.65. The average molecular weight is 328 g/mol. The van der Waals surface area contributed by atoms with Crippen molar-refractivity contribution in [2.45, 2.75) is 38.3 Å². The number of aromatic nitrogens is 2. The van der Waals surface area contributed by atoms with Gasteiger partial charge in [-0.25, -0.2) is 4.98 Å². The van der Waals surface area contributed by atoms with Crippen molar-refractivity contribution in [2.24, 2.45) is 7.05 Å². The summed E-state index contributed by atoms with van der Waals surface area (Å²) >= 11 is 0. The van der Waals surface area contributed by atoms with E-state index in [0.717, 1.165) is 31.0 Å². The molecule has 0 saturated heterocycles. The standard InChI is InChI=1S/C18H24N4O2/c1-20(10-14-4-3-9-24-14)17(23)12-22-8-7-16-15(11-22)19-18(21(16)2)13-5-6-13/h3-4,9,13H,5-8,10-12H2,1-2H3. The van der Waals surface area contributed by atoms with Crippen molar-refractivity contribution >= 4 is 5.91 Å². The average Bonchev–Trinajstić information content (AvgIpc) is 3.19. The fourth-order valence-corrected chi connectivity index (χ4v) is 3.48. The number of likely N-dealkylation sites (N-methyl/N-ethyl adjacent to an activating group) is 1. The Hall–Kier alpha value is -2.08. The lowest BCUT2D eigenvalue weighted by Gasteiger charge is -2.27. The molecule has 4 rings (SSSR count). The summed E-state index contributed by atoms with van der Waals surface area (Å²) in [5.41, 5.74) is 2.51. The Kier molecular flexibility index (Phi) is 3.92. The van der Waals surface area contributed by atoms with Crippen LogP contribution in [-0.2, 0) is 31.4 Å². The molecule has 2 aliphatic rings. The van der Waals surface area contributed by atoms with E-state index in [-0.39, 0.29) is 5.91 Å². The summed E-state index contributed by atoms with van der Waals surface area (Å²) in [6.45, 7) is 2.64. The molecule has 1 aliphatic heterocycles. The second kappa shape index (κ2) is 6.09. The van der Waals surface area contributed by atoms with Crippen molar-refractivity contribution in [3.63, 3.8) is 0 Å². The van der Waals surface area contributed by atoms with E-state index in [9.17, 15) is 4.79 Å². The van der Waals surface area contributed by atoms with Crippen LogP contribution in [0.3, 0.4) is 0 Å². The van der Waals surface area contributed by atoms with Gasteiger partial charge in [0.05, 0.1) is 25.0 Å². The number of carbonyl (C=O) groups excluding carboxylic acids is 1. The highest BCUT2D eigenvalue weighted by Gasteiger charge is 2.32. The van der Waals surface area contributed by atoms with Gasteiger partial charge in [-0.05, 0) is 25.0 Å². The van der Waals surface area contributed by atoms with Crippen molar-refractivity contribution < 1.29 is 9.21 Å². The Bertz CT molecular complexity index is 731. The van der Waals surface area contributed by atoms with Gasteiger partial charge >= 0.3 is 0 Å². The Labute approximate surface area is 142 Å². The lowest BCUT2D eigenvalue weighted by Crippen LogP contribution is -2.40. The van der Waals surface area contributed by atoms with Gasteiger partial charge in [-0.1, -0.05) is 0 Å². The number of fused-ring (bicyclic) bond motifs is 1. The molecule has 0 atom stereocenters. The first-order valence-electron chi connectivity index (χ1n) is 8.65. The van der Waals surface area contributed by atoms with Gasteiger partial charge in [-0.2, -0.15) is 0 Å². The molecule has 1 amide bonds. The van der Waals surface area contributed by atoms with Crippen LogP contribution < -0.4 is 0 Å². The van der Waals surface area contributed by atoms with Gasteiger partial charge in [0.1, 0.15) is 11.6 Å². The summed E-state index contributed by atoms with van der Waals surface area (Å²) in [5.74, 6) is 2.83. The Balaban J connectivity index is 1.38. The molecular formula is C18H24N4O2. The molecule has 6 heteroatoms. The van der Waals surface area contributed by atoms with Gasteiger partial charge in [0.25, 0.3) is 0 Å². The van der Waals surface area contributed by atoms with Crippen molar-refractivity contribution in [1.29, 1.82) is 0 Å². The Morgan fingerprint density at radius 1 is 1.46 bits per heavy atom. The van der Waals surface area contributed by atoms with Crippen molar-refractivity contribution in [3.8, 4) is 0 Å². The number of furan rings is 1. The number of rotatable bonds is 5. The Morgan fingerprint density at radius 3 is 3.00 bits per heavy atom. The summed E-state index contributed by atoms with van der Waals surface area (Å²) in [6.07, 6.45) is 5.14. The quantitative estimate of drug-likeness (QED) is 0.841.